The summed E-state index contributed by atoms with van der Waals surface area (Å²) in [6, 6.07) is 5.94. The minimum Gasteiger partial charge on any atom is -0.330 e. The number of para-hydroxylation sites is 1. The van der Waals surface area contributed by atoms with Gasteiger partial charge in [0.1, 0.15) is 5.82 Å². The molecule has 0 aliphatic heterocycles. The van der Waals surface area contributed by atoms with E-state index >= 15 is 0 Å². The zero-order chi connectivity index (χ0) is 15.4. The Labute approximate surface area is 132 Å². The van der Waals surface area contributed by atoms with E-state index in [-0.39, 0.29) is 0 Å². The number of hydrogen-bond acceptors (Lipinski definition) is 2. The third-order valence-corrected chi connectivity index (χ3v) is 4.16. The molecule has 0 saturated carbocycles. The first-order valence-electron chi connectivity index (χ1n) is 7.90. The Hall–Kier alpha value is -1.06. The number of nitrogens with zero attached hydrogens (tertiary/aromatic N) is 2. The highest BCUT2D eigenvalue weighted by Gasteiger charge is 2.17. The predicted octanol–water partition coefficient (Wildman–Crippen LogP) is 4.26. The van der Waals surface area contributed by atoms with Gasteiger partial charge in [-0.2, -0.15) is 0 Å². The third-order valence-electron chi connectivity index (χ3n) is 3.85. The van der Waals surface area contributed by atoms with Gasteiger partial charge in [-0.05, 0) is 43.4 Å². The number of aromatic nitrogens is 2. The molecule has 1 atom stereocenters. The van der Waals surface area contributed by atoms with Crippen LogP contribution in [0.1, 0.15) is 39.4 Å². The molecular weight excluding hydrogens is 282 g/mol. The summed E-state index contributed by atoms with van der Waals surface area (Å²) >= 11 is 6.38. The van der Waals surface area contributed by atoms with Crippen molar-refractivity contribution in [2.45, 2.75) is 46.6 Å². The fourth-order valence-electron chi connectivity index (χ4n) is 3.00. The standard InChI is InChI=1S/C17H26ClN3/c1-4-8-21-16(10-13(11-19)9-12(2)3)20-15-7-5-6-14(18)17(15)21/h5-7,12-13H,4,8-11,19H2,1-3H3. The van der Waals surface area contributed by atoms with Crippen LogP contribution in [0.3, 0.4) is 0 Å². The molecule has 0 bridgehead atoms. The molecule has 2 N–H and O–H groups in total. The Morgan fingerprint density at radius 1 is 1.33 bits per heavy atom. The van der Waals surface area contributed by atoms with Crippen molar-refractivity contribution in [2.24, 2.45) is 17.6 Å². The number of aryl methyl sites for hydroxylation is 1. The quantitative estimate of drug-likeness (QED) is 0.830. The van der Waals surface area contributed by atoms with Crippen molar-refractivity contribution in [3.05, 3.63) is 29.0 Å². The van der Waals surface area contributed by atoms with Crippen LogP contribution in [0.2, 0.25) is 5.02 Å². The lowest BCUT2D eigenvalue weighted by atomic mass is 9.94. The maximum atomic E-state index is 6.38. The summed E-state index contributed by atoms with van der Waals surface area (Å²) in [5.74, 6) is 2.26. The molecule has 21 heavy (non-hydrogen) atoms. The fourth-order valence-corrected chi connectivity index (χ4v) is 3.27. The number of imidazole rings is 1. The number of benzene rings is 1. The molecule has 2 rings (SSSR count). The molecule has 0 fully saturated rings. The first-order chi connectivity index (χ1) is 10.1. The highest BCUT2D eigenvalue weighted by Crippen LogP contribution is 2.27. The van der Waals surface area contributed by atoms with Gasteiger partial charge in [-0.25, -0.2) is 4.98 Å². The SMILES string of the molecule is CCCn1c(CC(CN)CC(C)C)nc2cccc(Cl)c21. The first-order valence-corrected chi connectivity index (χ1v) is 8.28. The van der Waals surface area contributed by atoms with Gasteiger partial charge < -0.3 is 10.3 Å². The molecule has 1 heterocycles. The van der Waals surface area contributed by atoms with Crippen LogP contribution >= 0.6 is 11.6 Å². The molecular formula is C17H26ClN3. The predicted molar refractivity (Wildman–Crippen MR) is 90.7 cm³/mol. The van der Waals surface area contributed by atoms with Crippen LogP contribution in [-0.4, -0.2) is 16.1 Å². The zero-order valence-electron chi connectivity index (χ0n) is 13.3. The van der Waals surface area contributed by atoms with Crippen molar-refractivity contribution < 1.29 is 0 Å². The second kappa shape index (κ2) is 7.28. The summed E-state index contributed by atoms with van der Waals surface area (Å²) in [6.45, 7) is 8.33. The molecule has 1 aromatic heterocycles. The van der Waals surface area contributed by atoms with Crippen LogP contribution in [0.5, 0.6) is 0 Å². The molecule has 116 valence electrons. The van der Waals surface area contributed by atoms with Crippen molar-refractivity contribution in [1.29, 1.82) is 0 Å². The fraction of sp³-hybridized carbons (Fsp3) is 0.588. The van der Waals surface area contributed by atoms with Crippen LogP contribution in [0.25, 0.3) is 11.0 Å². The first kappa shape index (κ1) is 16.3. The van der Waals surface area contributed by atoms with Gasteiger partial charge in [-0.3, -0.25) is 0 Å². The lowest BCUT2D eigenvalue weighted by Crippen LogP contribution is -2.21. The highest BCUT2D eigenvalue weighted by atomic mass is 35.5. The van der Waals surface area contributed by atoms with E-state index in [4.69, 9.17) is 22.3 Å². The lowest BCUT2D eigenvalue weighted by Gasteiger charge is -2.17. The molecule has 4 heteroatoms. The Kier molecular flexibility index (Phi) is 5.65. The molecule has 0 saturated heterocycles. The van der Waals surface area contributed by atoms with Crippen LogP contribution in [0.4, 0.5) is 0 Å². The van der Waals surface area contributed by atoms with E-state index in [1.807, 2.05) is 18.2 Å². The van der Waals surface area contributed by atoms with Crippen LogP contribution in [0, 0.1) is 11.8 Å². The van der Waals surface area contributed by atoms with Gasteiger partial charge in [0.2, 0.25) is 0 Å². The lowest BCUT2D eigenvalue weighted by molar-refractivity contribution is 0.403. The van der Waals surface area contributed by atoms with E-state index in [1.165, 1.54) is 0 Å². The maximum absolute atomic E-state index is 6.38. The second-order valence-electron chi connectivity index (χ2n) is 6.22. The summed E-state index contributed by atoms with van der Waals surface area (Å²) in [6.07, 6.45) is 3.14. The molecule has 1 aromatic carbocycles. The van der Waals surface area contributed by atoms with E-state index in [2.05, 4.69) is 25.3 Å². The Bertz CT molecular complexity index is 589. The average Bonchev–Trinajstić information content (AvgIpc) is 2.77. The van der Waals surface area contributed by atoms with Gasteiger partial charge in [-0.15, -0.1) is 0 Å². The summed E-state index contributed by atoms with van der Waals surface area (Å²) in [5, 5.41) is 0.785. The average molecular weight is 308 g/mol. The van der Waals surface area contributed by atoms with E-state index in [0.29, 0.717) is 18.4 Å². The smallest absolute Gasteiger partial charge is 0.110 e. The van der Waals surface area contributed by atoms with Gasteiger partial charge >= 0.3 is 0 Å². The number of hydrogen-bond donors (Lipinski definition) is 1. The number of halogens is 1. The minimum absolute atomic E-state index is 0.483. The molecule has 0 amide bonds. The van der Waals surface area contributed by atoms with Gasteiger partial charge in [0.25, 0.3) is 0 Å². The van der Waals surface area contributed by atoms with Crippen molar-refractivity contribution in [3.8, 4) is 0 Å². The van der Waals surface area contributed by atoms with Gasteiger partial charge in [-0.1, -0.05) is 38.4 Å². The number of rotatable bonds is 7. The highest BCUT2D eigenvalue weighted by molar-refractivity contribution is 6.35. The summed E-state index contributed by atoms with van der Waals surface area (Å²) in [7, 11) is 0. The second-order valence-corrected chi connectivity index (χ2v) is 6.63. The number of fused-ring (bicyclic) bond motifs is 1. The largest absolute Gasteiger partial charge is 0.330 e. The third kappa shape index (κ3) is 3.78. The van der Waals surface area contributed by atoms with Crippen molar-refractivity contribution >= 4 is 22.6 Å². The molecule has 2 aromatic rings. The van der Waals surface area contributed by atoms with E-state index in [0.717, 1.165) is 47.7 Å². The van der Waals surface area contributed by atoms with Crippen LogP contribution in [0.15, 0.2) is 18.2 Å². The molecule has 3 nitrogen and oxygen atoms in total. The maximum Gasteiger partial charge on any atom is 0.110 e. The van der Waals surface area contributed by atoms with Crippen molar-refractivity contribution in [1.82, 2.24) is 9.55 Å². The van der Waals surface area contributed by atoms with Gasteiger partial charge in [0, 0.05) is 13.0 Å². The normalized spacial score (nSPS) is 13.2. The molecule has 0 radical (unpaired) electrons. The number of nitrogens with two attached hydrogens (primary N) is 1. The van der Waals surface area contributed by atoms with Crippen LogP contribution in [-0.2, 0) is 13.0 Å². The molecule has 0 aliphatic carbocycles. The van der Waals surface area contributed by atoms with E-state index < -0.39 is 0 Å². The monoisotopic (exact) mass is 307 g/mol. The van der Waals surface area contributed by atoms with Gasteiger partial charge in [0.05, 0.1) is 16.1 Å². The summed E-state index contributed by atoms with van der Waals surface area (Å²) in [5.41, 5.74) is 8.01. The molecule has 1 unspecified atom stereocenters. The van der Waals surface area contributed by atoms with Crippen molar-refractivity contribution in [2.75, 3.05) is 6.54 Å². The molecule has 0 aliphatic rings. The Morgan fingerprint density at radius 3 is 2.71 bits per heavy atom. The molecule has 0 spiro atoms. The zero-order valence-corrected chi connectivity index (χ0v) is 14.0. The Morgan fingerprint density at radius 2 is 2.10 bits per heavy atom. The van der Waals surface area contributed by atoms with E-state index in [1.54, 1.807) is 0 Å². The van der Waals surface area contributed by atoms with E-state index in [9.17, 15) is 0 Å². The van der Waals surface area contributed by atoms with Crippen LogP contribution < -0.4 is 5.73 Å². The summed E-state index contributed by atoms with van der Waals surface area (Å²) < 4.78 is 2.28. The summed E-state index contributed by atoms with van der Waals surface area (Å²) in [4.78, 5) is 4.81. The Balaban J connectivity index is 2.38. The van der Waals surface area contributed by atoms with Crippen molar-refractivity contribution in [3.63, 3.8) is 0 Å². The topological polar surface area (TPSA) is 43.8 Å². The minimum atomic E-state index is 0.483. The van der Waals surface area contributed by atoms with Gasteiger partial charge in [0.15, 0.2) is 0 Å².